The van der Waals surface area contributed by atoms with Crippen LogP contribution in [-0.2, 0) is 6.42 Å². The summed E-state index contributed by atoms with van der Waals surface area (Å²) in [4.78, 5) is 13.6. The second-order valence-electron chi connectivity index (χ2n) is 4.42. The van der Waals surface area contributed by atoms with E-state index in [-0.39, 0.29) is 6.03 Å². The van der Waals surface area contributed by atoms with E-state index in [1.54, 1.807) is 0 Å². The predicted octanol–water partition coefficient (Wildman–Crippen LogP) is 1.62. The quantitative estimate of drug-likeness (QED) is 0.779. The van der Waals surface area contributed by atoms with Crippen molar-refractivity contribution in [2.24, 2.45) is 0 Å². The van der Waals surface area contributed by atoms with E-state index in [1.807, 2.05) is 29.2 Å². The number of rotatable bonds is 3. The van der Waals surface area contributed by atoms with Gasteiger partial charge in [0.05, 0.1) is 0 Å². The van der Waals surface area contributed by atoms with Gasteiger partial charge in [-0.1, -0.05) is 12.1 Å². The van der Waals surface area contributed by atoms with Gasteiger partial charge in [-0.05, 0) is 37.0 Å². The zero-order chi connectivity index (χ0) is 12.1. The van der Waals surface area contributed by atoms with Crippen LogP contribution < -0.4 is 11.1 Å². The smallest absolute Gasteiger partial charge is 0.317 e. The highest BCUT2D eigenvalue weighted by atomic mass is 16.2. The lowest BCUT2D eigenvalue weighted by Crippen LogP contribution is -2.38. The van der Waals surface area contributed by atoms with Gasteiger partial charge in [-0.2, -0.15) is 0 Å². The minimum atomic E-state index is 0.0675. The summed E-state index contributed by atoms with van der Waals surface area (Å²) in [5, 5.41) is 2.94. The molecule has 0 aliphatic carbocycles. The fraction of sp³-hybridized carbons (Fsp3) is 0.462. The van der Waals surface area contributed by atoms with Crippen molar-refractivity contribution < 1.29 is 4.79 Å². The van der Waals surface area contributed by atoms with Crippen molar-refractivity contribution in [3.8, 4) is 0 Å². The number of benzene rings is 1. The summed E-state index contributed by atoms with van der Waals surface area (Å²) in [5.41, 5.74) is 7.58. The minimum Gasteiger partial charge on any atom is -0.399 e. The van der Waals surface area contributed by atoms with E-state index in [0.29, 0.717) is 6.54 Å². The molecule has 0 aromatic heterocycles. The first-order chi connectivity index (χ1) is 8.25. The number of carbonyl (C=O) groups excluding carboxylic acids is 1. The molecule has 1 aromatic rings. The molecule has 1 aromatic carbocycles. The van der Waals surface area contributed by atoms with Crippen molar-refractivity contribution in [3.63, 3.8) is 0 Å². The van der Waals surface area contributed by atoms with Crippen molar-refractivity contribution in [3.05, 3.63) is 29.8 Å². The molecule has 2 amide bonds. The highest BCUT2D eigenvalue weighted by Gasteiger charge is 2.16. The summed E-state index contributed by atoms with van der Waals surface area (Å²) < 4.78 is 0. The lowest BCUT2D eigenvalue weighted by molar-refractivity contribution is 0.209. The van der Waals surface area contributed by atoms with E-state index in [4.69, 9.17) is 5.73 Å². The minimum absolute atomic E-state index is 0.0675. The molecule has 4 nitrogen and oxygen atoms in total. The number of likely N-dealkylation sites (tertiary alicyclic amines) is 1. The number of amides is 2. The molecule has 1 heterocycles. The maximum atomic E-state index is 11.7. The zero-order valence-electron chi connectivity index (χ0n) is 9.98. The van der Waals surface area contributed by atoms with Gasteiger partial charge in [0, 0.05) is 25.3 Å². The summed E-state index contributed by atoms with van der Waals surface area (Å²) in [6.07, 6.45) is 3.11. The van der Waals surface area contributed by atoms with Crippen molar-refractivity contribution in [2.45, 2.75) is 19.3 Å². The van der Waals surface area contributed by atoms with Crippen molar-refractivity contribution >= 4 is 11.7 Å². The van der Waals surface area contributed by atoms with Crippen LogP contribution in [0.25, 0.3) is 0 Å². The van der Waals surface area contributed by atoms with Crippen LogP contribution in [0.15, 0.2) is 24.3 Å². The van der Waals surface area contributed by atoms with Gasteiger partial charge in [0.15, 0.2) is 0 Å². The van der Waals surface area contributed by atoms with Crippen LogP contribution in [0.4, 0.5) is 10.5 Å². The lowest BCUT2D eigenvalue weighted by Gasteiger charge is -2.16. The zero-order valence-corrected chi connectivity index (χ0v) is 9.98. The third kappa shape index (κ3) is 3.37. The Hall–Kier alpha value is -1.71. The Balaban J connectivity index is 1.72. The van der Waals surface area contributed by atoms with Crippen molar-refractivity contribution in [1.82, 2.24) is 10.2 Å². The Labute approximate surface area is 102 Å². The Morgan fingerprint density at radius 1 is 1.24 bits per heavy atom. The average Bonchev–Trinajstić information content (AvgIpc) is 2.85. The summed E-state index contributed by atoms with van der Waals surface area (Å²) in [6, 6.07) is 7.84. The van der Waals surface area contributed by atoms with E-state index >= 15 is 0 Å². The number of nitrogens with two attached hydrogens (primary N) is 1. The van der Waals surface area contributed by atoms with Gasteiger partial charge in [-0.15, -0.1) is 0 Å². The highest BCUT2D eigenvalue weighted by molar-refractivity contribution is 5.74. The predicted molar refractivity (Wildman–Crippen MR) is 68.8 cm³/mol. The lowest BCUT2D eigenvalue weighted by atomic mass is 10.1. The van der Waals surface area contributed by atoms with E-state index in [9.17, 15) is 4.79 Å². The fourth-order valence-corrected chi connectivity index (χ4v) is 2.03. The third-order valence-corrected chi connectivity index (χ3v) is 3.06. The normalized spacial score (nSPS) is 14.9. The molecule has 0 atom stereocenters. The summed E-state index contributed by atoms with van der Waals surface area (Å²) in [7, 11) is 0. The number of anilines is 1. The molecule has 1 aliphatic rings. The summed E-state index contributed by atoms with van der Waals surface area (Å²) >= 11 is 0. The molecule has 1 fully saturated rings. The fourth-order valence-electron chi connectivity index (χ4n) is 2.03. The van der Waals surface area contributed by atoms with Crippen molar-refractivity contribution in [1.29, 1.82) is 0 Å². The molecule has 4 heteroatoms. The molecule has 0 saturated carbocycles. The van der Waals surface area contributed by atoms with Crippen LogP contribution in [0.5, 0.6) is 0 Å². The standard InChI is InChI=1S/C13H19N3O/c14-12-5-3-11(4-6-12)7-8-15-13(17)16-9-1-2-10-16/h3-6H,1-2,7-10,14H2,(H,15,17). The van der Waals surface area contributed by atoms with Gasteiger partial charge in [0.1, 0.15) is 0 Å². The topological polar surface area (TPSA) is 58.4 Å². The van der Waals surface area contributed by atoms with E-state index in [1.165, 1.54) is 5.56 Å². The van der Waals surface area contributed by atoms with Crippen LogP contribution in [0.2, 0.25) is 0 Å². The molecule has 0 spiro atoms. The van der Waals surface area contributed by atoms with Crippen LogP contribution in [0.1, 0.15) is 18.4 Å². The molecule has 0 unspecified atom stereocenters. The first kappa shape index (κ1) is 11.8. The van der Waals surface area contributed by atoms with Gasteiger partial charge >= 0.3 is 6.03 Å². The molecule has 3 N–H and O–H groups in total. The Morgan fingerprint density at radius 3 is 2.53 bits per heavy atom. The number of hydrogen-bond acceptors (Lipinski definition) is 2. The third-order valence-electron chi connectivity index (χ3n) is 3.06. The average molecular weight is 233 g/mol. The van der Waals surface area contributed by atoms with Gasteiger partial charge in [0.25, 0.3) is 0 Å². The number of hydrogen-bond donors (Lipinski definition) is 2. The van der Waals surface area contributed by atoms with E-state index in [0.717, 1.165) is 38.0 Å². The van der Waals surface area contributed by atoms with Gasteiger partial charge in [-0.25, -0.2) is 4.79 Å². The second-order valence-corrected chi connectivity index (χ2v) is 4.42. The van der Waals surface area contributed by atoms with Gasteiger partial charge in [-0.3, -0.25) is 0 Å². The molecule has 1 aliphatic heterocycles. The molecule has 17 heavy (non-hydrogen) atoms. The van der Waals surface area contributed by atoms with Crippen molar-refractivity contribution in [2.75, 3.05) is 25.4 Å². The van der Waals surface area contributed by atoms with Crippen LogP contribution in [0.3, 0.4) is 0 Å². The highest BCUT2D eigenvalue weighted by Crippen LogP contribution is 2.08. The molecular weight excluding hydrogens is 214 g/mol. The first-order valence-corrected chi connectivity index (χ1v) is 6.13. The molecule has 92 valence electrons. The number of carbonyl (C=O) groups is 1. The Kier molecular flexibility index (Phi) is 3.85. The monoisotopic (exact) mass is 233 g/mol. The number of nitrogens with zero attached hydrogens (tertiary/aromatic N) is 1. The number of nitrogen functional groups attached to an aromatic ring is 1. The Morgan fingerprint density at radius 2 is 1.88 bits per heavy atom. The molecule has 2 rings (SSSR count). The first-order valence-electron chi connectivity index (χ1n) is 6.13. The van der Waals surface area contributed by atoms with Crippen LogP contribution >= 0.6 is 0 Å². The van der Waals surface area contributed by atoms with E-state index in [2.05, 4.69) is 5.32 Å². The van der Waals surface area contributed by atoms with Crippen LogP contribution in [0, 0.1) is 0 Å². The largest absolute Gasteiger partial charge is 0.399 e. The summed E-state index contributed by atoms with van der Waals surface area (Å²) in [6.45, 7) is 2.47. The molecule has 0 bridgehead atoms. The maximum Gasteiger partial charge on any atom is 0.317 e. The summed E-state index contributed by atoms with van der Waals surface area (Å²) in [5.74, 6) is 0. The SMILES string of the molecule is Nc1ccc(CCNC(=O)N2CCCC2)cc1. The molecule has 1 saturated heterocycles. The molecule has 0 radical (unpaired) electrons. The van der Waals surface area contributed by atoms with Gasteiger partial charge < -0.3 is 16.0 Å². The maximum absolute atomic E-state index is 11.7. The van der Waals surface area contributed by atoms with Crippen LogP contribution in [-0.4, -0.2) is 30.6 Å². The number of nitrogens with one attached hydrogen (secondary N) is 1. The second kappa shape index (κ2) is 5.57. The number of urea groups is 1. The van der Waals surface area contributed by atoms with E-state index < -0.39 is 0 Å². The van der Waals surface area contributed by atoms with Gasteiger partial charge in [0.2, 0.25) is 0 Å². The Bertz CT molecular complexity index is 369. The molecular formula is C13H19N3O.